The molecule has 0 aromatic heterocycles. The van der Waals surface area contributed by atoms with E-state index in [9.17, 15) is 15.0 Å². The minimum absolute atomic E-state index is 0.135. The fourth-order valence-corrected chi connectivity index (χ4v) is 7.42. The number of hydrogen-bond donors (Lipinski definition) is 2. The summed E-state index contributed by atoms with van der Waals surface area (Å²) in [5.74, 6) is 7.70. The fraction of sp³-hybridized carbons (Fsp3) is 0.457. The number of aldehydes is 1. The Morgan fingerprint density at radius 3 is 0.735 bits per heavy atom. The molecule has 0 aliphatic rings. The number of carbonyl (C=O) groups is 1. The molecular formula is C105H174O12. The molecule has 0 fully saturated rings. The highest BCUT2D eigenvalue weighted by Gasteiger charge is 2.25. The number of aliphatic hydroxyl groups is 2. The van der Waals surface area contributed by atoms with E-state index in [4.69, 9.17) is 42.6 Å². The molecule has 2 atom stereocenters. The van der Waals surface area contributed by atoms with E-state index in [0.29, 0.717) is 13.2 Å². The lowest BCUT2D eigenvalue weighted by atomic mass is 9.77. The molecule has 8 aromatic rings. The van der Waals surface area contributed by atoms with Gasteiger partial charge >= 0.3 is 0 Å². The number of aliphatic hydroxyl groups excluding tert-OH is 2. The van der Waals surface area contributed by atoms with Crippen molar-refractivity contribution in [2.75, 3.05) is 75.2 Å². The fourth-order valence-electron chi connectivity index (χ4n) is 7.42. The molecule has 0 radical (unpaired) electrons. The number of hydrogen-bond acceptors (Lipinski definition) is 12. The SMILES string of the molecule is C=CCOCC(O)COc1ccccc1.C=CCOCC(O)COc1ccccc1.C=CCc1cc(C(C)(C)c2ccc(OC)c(CC=C)c2)ccc1OC.CC.CC.CC.CC.CC.CC.CC.CC.CC(C)C.CC(C)C.CCC.CCC.COc1ccccc1.COc1ccccc1.COc1ccccc1.O=Cc1ccccc1. The van der Waals surface area contributed by atoms with Gasteiger partial charge in [0.2, 0.25) is 0 Å². The zero-order valence-corrected chi connectivity index (χ0v) is 80.4. The first-order chi connectivity index (χ1) is 56.6. The second-order valence-corrected chi connectivity index (χ2v) is 23.8. The lowest BCUT2D eigenvalue weighted by Crippen LogP contribution is -2.23. The highest BCUT2D eigenvalue weighted by atomic mass is 16.5. The van der Waals surface area contributed by atoms with Gasteiger partial charge < -0.3 is 52.8 Å². The Kier molecular flexibility index (Phi) is 122. The van der Waals surface area contributed by atoms with Crippen molar-refractivity contribution in [2.45, 2.75) is 237 Å². The third-order valence-corrected chi connectivity index (χ3v) is 12.1. The first kappa shape index (κ1) is 131. The Labute approximate surface area is 721 Å². The van der Waals surface area contributed by atoms with Crippen LogP contribution in [0.2, 0.25) is 0 Å². The molecule has 0 saturated heterocycles. The first-order valence-electron chi connectivity index (χ1n) is 42.6. The van der Waals surface area contributed by atoms with Crippen molar-refractivity contribution in [1.29, 1.82) is 0 Å². The summed E-state index contributed by atoms with van der Waals surface area (Å²) in [6.45, 7) is 74.6. The van der Waals surface area contributed by atoms with Gasteiger partial charge in [0.05, 0.1) is 62.0 Å². The van der Waals surface area contributed by atoms with Crippen molar-refractivity contribution < 1.29 is 57.6 Å². The second kappa shape index (κ2) is 109. The van der Waals surface area contributed by atoms with E-state index in [1.165, 1.54) is 24.0 Å². The first-order valence-corrected chi connectivity index (χ1v) is 42.6. The molecule has 12 nitrogen and oxygen atoms in total. The second-order valence-electron chi connectivity index (χ2n) is 23.8. The normalized spacial score (nSPS) is 9.14. The third-order valence-electron chi connectivity index (χ3n) is 12.1. The molecule has 0 aliphatic carbocycles. The average Bonchev–Trinajstić information content (AvgIpc) is 0.786. The minimum atomic E-state index is -0.606. The van der Waals surface area contributed by atoms with Gasteiger partial charge in [0.1, 0.15) is 72.0 Å². The minimum Gasteiger partial charge on any atom is -0.497 e. The maximum Gasteiger partial charge on any atom is 0.150 e. The van der Waals surface area contributed by atoms with Crippen LogP contribution in [-0.4, -0.2) is 104 Å². The monoisotopic (exact) mass is 1630 g/mol. The summed E-state index contributed by atoms with van der Waals surface area (Å²) in [5.41, 5.74) is 5.41. The molecule has 0 heterocycles. The van der Waals surface area contributed by atoms with Crippen LogP contribution in [0.25, 0.3) is 0 Å². The lowest BCUT2D eigenvalue weighted by Gasteiger charge is -2.28. The van der Waals surface area contributed by atoms with Gasteiger partial charge in [-0.1, -0.05) is 377 Å². The van der Waals surface area contributed by atoms with Crippen LogP contribution >= 0.6 is 0 Å². The molecule has 117 heavy (non-hydrogen) atoms. The smallest absolute Gasteiger partial charge is 0.150 e. The van der Waals surface area contributed by atoms with Crippen molar-refractivity contribution in [3.8, 4) is 40.2 Å². The molecule has 8 aromatic carbocycles. The Hall–Kier alpha value is -9.17. The standard InChI is InChI=1S/C23H28O2.2C12H16O3.3C7H8O.C7H6O.2C4H10.2C3H8.8C2H6/c1-7-9-17-15-19(11-13-21(17)24-5)23(3,4)20-12-14-22(25-6)18(16-20)10-8-2;2*1-2-8-14-9-11(13)10-15-12-6-4-3-5-7-12;3*1-8-7-5-3-2-4-6-7;8-6-7-4-2-1-3-5-7;2*1-4(2)3;2*1-3-2;8*1-2/h7-8,11-16H,1-2,9-10H2,3-6H3;2*2-7,11,13H,1,8-10H2;3*2-6H,1H3;1-6H;2*4H,1-3H3;2*3H2,1-2H3;8*1-2H3. The van der Waals surface area contributed by atoms with Gasteiger partial charge in [0, 0.05) is 11.0 Å². The van der Waals surface area contributed by atoms with Crippen molar-refractivity contribution >= 4 is 6.29 Å². The van der Waals surface area contributed by atoms with Gasteiger partial charge in [-0.25, -0.2) is 0 Å². The van der Waals surface area contributed by atoms with Crippen LogP contribution in [0.5, 0.6) is 40.2 Å². The quantitative estimate of drug-likeness (QED) is 0.0303. The zero-order chi connectivity index (χ0) is 92.2. The van der Waals surface area contributed by atoms with Crippen LogP contribution in [0.4, 0.5) is 0 Å². The van der Waals surface area contributed by atoms with Gasteiger partial charge in [-0.2, -0.15) is 0 Å². The number of rotatable bonds is 26. The topological polar surface area (TPSA) is 141 Å². The molecule has 0 saturated carbocycles. The van der Waals surface area contributed by atoms with Gasteiger partial charge in [-0.3, -0.25) is 4.79 Å². The van der Waals surface area contributed by atoms with E-state index < -0.39 is 12.2 Å². The predicted molar refractivity (Wildman–Crippen MR) is 518 cm³/mol. The van der Waals surface area contributed by atoms with E-state index in [0.717, 1.165) is 87.9 Å². The summed E-state index contributed by atoms with van der Waals surface area (Å²) in [4.78, 5) is 10.0. The summed E-state index contributed by atoms with van der Waals surface area (Å²) >= 11 is 0. The summed E-state index contributed by atoms with van der Waals surface area (Å²) in [5, 5.41) is 18.9. The lowest BCUT2D eigenvalue weighted by molar-refractivity contribution is 0.0214. The summed E-state index contributed by atoms with van der Waals surface area (Å²) in [7, 11) is 8.40. The summed E-state index contributed by atoms with van der Waals surface area (Å²) in [6, 6.07) is 69.7. The molecule has 8 rings (SSSR count). The molecule has 2 N–H and O–H groups in total. The highest BCUT2D eigenvalue weighted by molar-refractivity contribution is 5.74. The van der Waals surface area contributed by atoms with Crippen LogP contribution in [0.15, 0.2) is 269 Å². The molecule has 666 valence electrons. The third kappa shape index (κ3) is 89.0. The van der Waals surface area contributed by atoms with Crippen LogP contribution in [-0.2, 0) is 27.7 Å². The van der Waals surface area contributed by atoms with E-state index in [1.807, 2.05) is 305 Å². The van der Waals surface area contributed by atoms with Crippen molar-refractivity contribution in [1.82, 2.24) is 0 Å². The van der Waals surface area contributed by atoms with E-state index in [1.54, 1.807) is 59.8 Å². The number of para-hydroxylation sites is 5. The maximum atomic E-state index is 10.0. The van der Waals surface area contributed by atoms with Crippen LogP contribution < -0.4 is 33.2 Å². The van der Waals surface area contributed by atoms with Gasteiger partial charge in [-0.05, 0) is 120 Å². The van der Waals surface area contributed by atoms with E-state index >= 15 is 0 Å². The Morgan fingerprint density at radius 1 is 0.333 bits per heavy atom. The molecule has 0 amide bonds. The van der Waals surface area contributed by atoms with Crippen LogP contribution in [0.1, 0.15) is 239 Å². The van der Waals surface area contributed by atoms with Crippen LogP contribution in [0, 0.1) is 11.8 Å². The number of allylic oxidation sites excluding steroid dienone is 2. The molecule has 12 heteroatoms. The number of carbonyl (C=O) groups excluding carboxylic acids is 1. The van der Waals surface area contributed by atoms with Gasteiger partial charge in [-0.15, -0.1) is 26.3 Å². The maximum absolute atomic E-state index is 10.0. The highest BCUT2D eigenvalue weighted by Crippen LogP contribution is 2.36. The van der Waals surface area contributed by atoms with E-state index in [-0.39, 0.29) is 31.8 Å². The Bertz CT molecular complexity index is 2910. The van der Waals surface area contributed by atoms with Gasteiger partial charge in [0.25, 0.3) is 0 Å². The Morgan fingerprint density at radius 2 is 0.556 bits per heavy atom. The number of methoxy groups -OCH3 is 5. The molecule has 0 aliphatic heterocycles. The summed E-state index contributed by atoms with van der Waals surface area (Å²) < 4.78 is 46.6. The van der Waals surface area contributed by atoms with Crippen molar-refractivity contribution in [3.05, 3.63) is 297 Å². The molecule has 2 unspecified atom stereocenters. The molecule has 0 spiro atoms. The largest absolute Gasteiger partial charge is 0.497 e. The zero-order valence-electron chi connectivity index (χ0n) is 80.4. The molecule has 0 bridgehead atoms. The number of benzene rings is 8. The van der Waals surface area contributed by atoms with Crippen molar-refractivity contribution in [3.63, 3.8) is 0 Å². The molecular weight excluding hydrogens is 1450 g/mol. The van der Waals surface area contributed by atoms with Crippen LogP contribution in [0.3, 0.4) is 0 Å². The average molecular weight is 1630 g/mol. The predicted octanol–water partition coefficient (Wildman–Crippen LogP) is 29.7. The Balaban J connectivity index is -0.000000121. The van der Waals surface area contributed by atoms with E-state index in [2.05, 4.69) is 134 Å². The summed E-state index contributed by atoms with van der Waals surface area (Å²) in [6.07, 6.45) is 10.8. The van der Waals surface area contributed by atoms with Gasteiger partial charge in [0.15, 0.2) is 0 Å². The van der Waals surface area contributed by atoms with Crippen molar-refractivity contribution in [2.24, 2.45) is 11.8 Å². The number of ether oxygens (including phenoxy) is 9.